The second kappa shape index (κ2) is 4.40. The largest absolute Gasteiger partial charge is 0.507 e. The van der Waals surface area contributed by atoms with Crippen LogP contribution in [0, 0.1) is 0 Å². The normalized spacial score (nSPS) is 12.2. The van der Waals surface area contributed by atoms with Crippen LogP contribution in [0.4, 0.5) is 0 Å². The third kappa shape index (κ3) is 1.49. The van der Waals surface area contributed by atoms with Crippen LogP contribution in [0.2, 0.25) is 0 Å². The highest BCUT2D eigenvalue weighted by Crippen LogP contribution is 2.55. The van der Waals surface area contributed by atoms with Crippen LogP contribution in [0.5, 0.6) is 5.75 Å². The number of benzene rings is 5. The summed E-state index contributed by atoms with van der Waals surface area (Å²) in [5, 5.41) is 18.0. The molecule has 0 radical (unpaired) electrons. The van der Waals surface area contributed by atoms with Gasteiger partial charge in [-0.3, -0.25) is 0 Å². The first-order valence-corrected chi connectivity index (χ1v) is 8.53. The SMILES string of the molecule is Oc1ccc2cccc3c2c1-c1c-3c2ccccc2c2ccccc12. The zero-order valence-electron chi connectivity index (χ0n) is 13.5. The van der Waals surface area contributed by atoms with Crippen molar-refractivity contribution in [2.75, 3.05) is 0 Å². The minimum absolute atomic E-state index is 0.360. The second-order valence-electron chi connectivity index (χ2n) is 6.70. The molecule has 0 bridgehead atoms. The first kappa shape index (κ1) is 13.0. The predicted molar refractivity (Wildman–Crippen MR) is 105 cm³/mol. The van der Waals surface area contributed by atoms with Gasteiger partial charge < -0.3 is 5.11 Å². The average Bonchev–Trinajstić information content (AvgIpc) is 3.03. The number of phenolic OH excluding ortho intramolecular Hbond substituents is 1. The summed E-state index contributed by atoms with van der Waals surface area (Å²) in [6.45, 7) is 0. The van der Waals surface area contributed by atoms with E-state index in [2.05, 4.69) is 66.7 Å². The molecule has 6 rings (SSSR count). The Balaban J connectivity index is 2.01. The van der Waals surface area contributed by atoms with E-state index in [0.29, 0.717) is 5.75 Å². The quantitative estimate of drug-likeness (QED) is 0.317. The Morgan fingerprint density at radius 2 is 1.12 bits per heavy atom. The van der Waals surface area contributed by atoms with Crippen molar-refractivity contribution in [1.29, 1.82) is 0 Å². The summed E-state index contributed by atoms with van der Waals surface area (Å²) in [5.74, 6) is 0.360. The Morgan fingerprint density at radius 1 is 0.480 bits per heavy atom. The Hall–Kier alpha value is -3.32. The van der Waals surface area contributed by atoms with E-state index in [1.807, 2.05) is 12.1 Å². The number of aromatic hydroxyl groups is 1. The summed E-state index contributed by atoms with van der Waals surface area (Å²) in [4.78, 5) is 0. The molecule has 0 saturated carbocycles. The molecule has 0 aliphatic heterocycles. The summed E-state index contributed by atoms with van der Waals surface area (Å²) in [5.41, 5.74) is 4.61. The van der Waals surface area contributed by atoms with Crippen molar-refractivity contribution in [3.05, 3.63) is 78.9 Å². The summed E-state index contributed by atoms with van der Waals surface area (Å²) >= 11 is 0. The van der Waals surface area contributed by atoms with Gasteiger partial charge in [-0.25, -0.2) is 0 Å². The minimum Gasteiger partial charge on any atom is -0.507 e. The first-order valence-electron chi connectivity index (χ1n) is 8.53. The summed E-state index contributed by atoms with van der Waals surface area (Å²) in [6.07, 6.45) is 0. The molecular weight excluding hydrogens is 304 g/mol. The Labute approximate surface area is 144 Å². The maximum atomic E-state index is 10.7. The van der Waals surface area contributed by atoms with Gasteiger partial charge in [-0.15, -0.1) is 0 Å². The van der Waals surface area contributed by atoms with Crippen molar-refractivity contribution in [3.63, 3.8) is 0 Å². The number of hydrogen-bond donors (Lipinski definition) is 1. The molecule has 0 aromatic heterocycles. The number of rotatable bonds is 0. The minimum atomic E-state index is 0.360. The molecule has 0 amide bonds. The molecule has 1 aliphatic carbocycles. The molecule has 25 heavy (non-hydrogen) atoms. The van der Waals surface area contributed by atoms with E-state index in [1.54, 1.807) is 0 Å². The third-order valence-corrected chi connectivity index (χ3v) is 5.48. The Kier molecular flexibility index (Phi) is 2.29. The lowest BCUT2D eigenvalue weighted by atomic mass is 9.90. The highest BCUT2D eigenvalue weighted by atomic mass is 16.3. The zero-order chi connectivity index (χ0) is 16.5. The van der Waals surface area contributed by atoms with E-state index in [4.69, 9.17) is 0 Å². The average molecular weight is 318 g/mol. The van der Waals surface area contributed by atoms with Crippen molar-refractivity contribution in [2.45, 2.75) is 0 Å². The van der Waals surface area contributed by atoms with Crippen molar-refractivity contribution in [1.82, 2.24) is 0 Å². The number of hydrogen-bond acceptors (Lipinski definition) is 1. The van der Waals surface area contributed by atoms with Gasteiger partial charge in [0.2, 0.25) is 0 Å². The summed E-state index contributed by atoms with van der Waals surface area (Å²) < 4.78 is 0. The molecule has 116 valence electrons. The van der Waals surface area contributed by atoms with Crippen LogP contribution in [0.3, 0.4) is 0 Å². The maximum absolute atomic E-state index is 10.7. The Morgan fingerprint density at radius 3 is 1.84 bits per heavy atom. The van der Waals surface area contributed by atoms with Gasteiger partial charge in [0.25, 0.3) is 0 Å². The predicted octanol–water partition coefficient (Wildman–Crippen LogP) is 6.50. The maximum Gasteiger partial charge on any atom is 0.124 e. The molecule has 0 heterocycles. The van der Waals surface area contributed by atoms with Crippen LogP contribution in [0.1, 0.15) is 0 Å². The molecule has 0 fully saturated rings. The molecule has 1 nitrogen and oxygen atoms in total. The molecule has 0 spiro atoms. The number of fused-ring (bicyclic) bond motifs is 8. The van der Waals surface area contributed by atoms with E-state index < -0.39 is 0 Å². The van der Waals surface area contributed by atoms with E-state index in [-0.39, 0.29) is 0 Å². The highest BCUT2D eigenvalue weighted by Gasteiger charge is 2.28. The van der Waals surface area contributed by atoms with Crippen molar-refractivity contribution in [2.24, 2.45) is 0 Å². The van der Waals surface area contributed by atoms with Gasteiger partial charge in [-0.05, 0) is 44.1 Å². The van der Waals surface area contributed by atoms with E-state index in [1.165, 1.54) is 49.0 Å². The molecule has 0 unspecified atom stereocenters. The lowest BCUT2D eigenvalue weighted by molar-refractivity contribution is 0.478. The van der Waals surface area contributed by atoms with Gasteiger partial charge in [0.1, 0.15) is 5.75 Å². The monoisotopic (exact) mass is 318 g/mol. The van der Waals surface area contributed by atoms with Gasteiger partial charge in [0.05, 0.1) is 0 Å². The van der Waals surface area contributed by atoms with Crippen LogP contribution in [0.15, 0.2) is 78.9 Å². The number of phenols is 1. The molecule has 0 saturated heterocycles. The first-order chi connectivity index (χ1) is 12.3. The van der Waals surface area contributed by atoms with E-state index in [9.17, 15) is 5.11 Å². The standard InChI is InChI=1S/C24H14O/c25-20-13-12-14-6-5-11-19-21(14)24(20)23-18-10-4-2-8-16(18)15-7-1-3-9-17(15)22(19)23/h1-13,25H. The van der Waals surface area contributed by atoms with Crippen molar-refractivity contribution >= 4 is 32.3 Å². The molecule has 1 aliphatic rings. The lowest BCUT2D eigenvalue weighted by Crippen LogP contribution is -1.85. The fourth-order valence-corrected chi connectivity index (χ4v) is 4.51. The zero-order valence-corrected chi connectivity index (χ0v) is 13.5. The van der Waals surface area contributed by atoms with Crippen LogP contribution < -0.4 is 0 Å². The summed E-state index contributed by atoms with van der Waals surface area (Å²) in [6, 6.07) is 27.3. The fourth-order valence-electron chi connectivity index (χ4n) is 4.51. The highest BCUT2D eigenvalue weighted by molar-refractivity contribution is 6.30. The topological polar surface area (TPSA) is 20.2 Å². The van der Waals surface area contributed by atoms with E-state index in [0.717, 1.165) is 5.56 Å². The van der Waals surface area contributed by atoms with Crippen molar-refractivity contribution < 1.29 is 5.11 Å². The second-order valence-corrected chi connectivity index (χ2v) is 6.70. The molecule has 1 N–H and O–H groups in total. The van der Waals surface area contributed by atoms with Gasteiger partial charge >= 0.3 is 0 Å². The molecule has 1 heteroatoms. The third-order valence-electron chi connectivity index (χ3n) is 5.48. The van der Waals surface area contributed by atoms with Gasteiger partial charge in [-0.1, -0.05) is 72.8 Å². The van der Waals surface area contributed by atoms with Crippen LogP contribution >= 0.6 is 0 Å². The fraction of sp³-hybridized carbons (Fsp3) is 0. The lowest BCUT2D eigenvalue weighted by Gasteiger charge is -2.13. The molecule has 5 aromatic rings. The molecule has 0 atom stereocenters. The Bertz CT molecular complexity index is 1350. The van der Waals surface area contributed by atoms with Crippen LogP contribution in [-0.2, 0) is 0 Å². The molecule has 5 aromatic carbocycles. The smallest absolute Gasteiger partial charge is 0.124 e. The molecular formula is C24H14O. The summed E-state index contributed by atoms with van der Waals surface area (Å²) in [7, 11) is 0. The van der Waals surface area contributed by atoms with Crippen LogP contribution in [0.25, 0.3) is 54.6 Å². The van der Waals surface area contributed by atoms with Gasteiger partial charge in [0.15, 0.2) is 0 Å². The van der Waals surface area contributed by atoms with E-state index >= 15 is 0 Å². The van der Waals surface area contributed by atoms with Crippen molar-refractivity contribution in [3.8, 4) is 28.0 Å². The van der Waals surface area contributed by atoms with Gasteiger partial charge in [-0.2, -0.15) is 0 Å². The van der Waals surface area contributed by atoms with Crippen LogP contribution in [-0.4, -0.2) is 5.11 Å². The van der Waals surface area contributed by atoms with Gasteiger partial charge in [0, 0.05) is 16.5 Å².